The summed E-state index contributed by atoms with van der Waals surface area (Å²) in [5.41, 5.74) is 0.862. The van der Waals surface area contributed by atoms with Crippen LogP contribution in [0.25, 0.3) is 0 Å². The average Bonchev–Trinajstić information content (AvgIpc) is 2.82. The van der Waals surface area contributed by atoms with E-state index in [0.29, 0.717) is 51.0 Å². The highest BCUT2D eigenvalue weighted by molar-refractivity contribution is 5.99. The minimum Gasteiger partial charge on any atom is -0.450 e. The van der Waals surface area contributed by atoms with Crippen molar-refractivity contribution in [1.29, 1.82) is 0 Å². The fourth-order valence-electron chi connectivity index (χ4n) is 2.66. The zero-order valence-electron chi connectivity index (χ0n) is 12.8. The summed E-state index contributed by atoms with van der Waals surface area (Å²) in [6, 6.07) is 0. The molecule has 0 saturated carbocycles. The third-order valence-corrected chi connectivity index (χ3v) is 3.95. The molecule has 2 aliphatic rings. The van der Waals surface area contributed by atoms with Crippen molar-refractivity contribution in [1.82, 2.24) is 14.9 Å². The summed E-state index contributed by atoms with van der Waals surface area (Å²) in [4.78, 5) is 37.5. The molecule has 8 nitrogen and oxygen atoms in total. The summed E-state index contributed by atoms with van der Waals surface area (Å²) >= 11 is 0. The Bertz CT molecular complexity index is 598. The van der Waals surface area contributed by atoms with Gasteiger partial charge in [0.2, 0.25) is 11.9 Å². The van der Waals surface area contributed by atoms with Crippen LogP contribution in [0.3, 0.4) is 0 Å². The van der Waals surface area contributed by atoms with Crippen LogP contribution in [0.15, 0.2) is 6.20 Å². The predicted octanol–water partition coefficient (Wildman–Crippen LogP) is 0.274. The predicted molar refractivity (Wildman–Crippen MR) is 80.0 cm³/mol. The zero-order valence-corrected chi connectivity index (χ0v) is 12.8. The van der Waals surface area contributed by atoms with Crippen molar-refractivity contribution in [2.45, 2.75) is 13.3 Å². The number of nitrogens with zero attached hydrogens (tertiary/aromatic N) is 5. The summed E-state index contributed by atoms with van der Waals surface area (Å²) in [5, 5.41) is 0. The van der Waals surface area contributed by atoms with E-state index in [4.69, 9.17) is 4.74 Å². The Hall–Kier alpha value is -2.38. The summed E-state index contributed by atoms with van der Waals surface area (Å²) in [6.45, 7) is 4.63. The fourth-order valence-corrected chi connectivity index (χ4v) is 2.66. The lowest BCUT2D eigenvalue weighted by Gasteiger charge is -2.34. The first-order valence-electron chi connectivity index (χ1n) is 7.39. The Morgan fingerprint density at radius 2 is 2.05 bits per heavy atom. The fraction of sp³-hybridized carbons (Fsp3) is 0.571. The molecule has 2 amide bonds. The van der Waals surface area contributed by atoms with E-state index in [-0.39, 0.29) is 12.0 Å². The van der Waals surface area contributed by atoms with Gasteiger partial charge in [-0.1, -0.05) is 0 Å². The van der Waals surface area contributed by atoms with Gasteiger partial charge in [-0.2, -0.15) is 4.98 Å². The highest BCUT2D eigenvalue weighted by atomic mass is 16.6. The van der Waals surface area contributed by atoms with Crippen LogP contribution in [0, 0.1) is 0 Å². The van der Waals surface area contributed by atoms with Gasteiger partial charge < -0.3 is 14.5 Å². The summed E-state index contributed by atoms with van der Waals surface area (Å²) in [7, 11) is 1.73. The van der Waals surface area contributed by atoms with Crippen molar-refractivity contribution in [2.24, 2.45) is 0 Å². The second-order valence-electron chi connectivity index (χ2n) is 5.32. The van der Waals surface area contributed by atoms with E-state index in [1.54, 1.807) is 30.0 Å². The second kappa shape index (κ2) is 5.78. The third-order valence-electron chi connectivity index (χ3n) is 3.95. The van der Waals surface area contributed by atoms with E-state index in [1.165, 1.54) is 0 Å². The molecule has 0 spiro atoms. The van der Waals surface area contributed by atoms with E-state index in [0.717, 1.165) is 5.56 Å². The monoisotopic (exact) mass is 305 g/mol. The number of rotatable bonds is 2. The van der Waals surface area contributed by atoms with Crippen molar-refractivity contribution in [3.8, 4) is 0 Å². The molecule has 0 radical (unpaired) electrons. The van der Waals surface area contributed by atoms with E-state index >= 15 is 0 Å². The highest BCUT2D eigenvalue weighted by Gasteiger charge is 2.28. The summed E-state index contributed by atoms with van der Waals surface area (Å²) in [5.74, 6) is 1.32. The topological polar surface area (TPSA) is 78.9 Å². The van der Waals surface area contributed by atoms with Crippen LogP contribution < -0.4 is 9.80 Å². The molecule has 1 aromatic rings. The molecule has 3 heterocycles. The van der Waals surface area contributed by atoms with Gasteiger partial charge in [-0.05, 0) is 6.92 Å². The Labute approximate surface area is 128 Å². The van der Waals surface area contributed by atoms with Crippen LogP contribution in [0.5, 0.6) is 0 Å². The van der Waals surface area contributed by atoms with Crippen LogP contribution in [0.2, 0.25) is 0 Å². The van der Waals surface area contributed by atoms with E-state index in [9.17, 15) is 9.59 Å². The number of hydrogen-bond donors (Lipinski definition) is 0. The standard InChI is InChI=1S/C14H19N5O3/c1-3-22-14(21)19-6-4-18(5-7-19)13-15-9-10-8-11(20)17(2)12(10)16-13/h9H,3-8H2,1-2H3. The molecular formula is C14H19N5O3. The second-order valence-corrected chi connectivity index (χ2v) is 5.32. The van der Waals surface area contributed by atoms with Crippen molar-refractivity contribution >= 4 is 23.8 Å². The number of likely N-dealkylation sites (N-methyl/N-ethyl adjacent to an activating group) is 1. The number of carbonyl (C=O) groups is 2. The molecule has 0 aliphatic carbocycles. The number of hydrogen-bond acceptors (Lipinski definition) is 6. The molecule has 0 unspecified atom stereocenters. The van der Waals surface area contributed by atoms with Crippen molar-refractivity contribution in [2.75, 3.05) is 49.6 Å². The van der Waals surface area contributed by atoms with Gasteiger partial charge in [0, 0.05) is 45.0 Å². The Morgan fingerprint density at radius 3 is 2.73 bits per heavy atom. The molecule has 0 bridgehead atoms. The molecule has 8 heteroatoms. The normalized spacial score (nSPS) is 17.7. The lowest BCUT2D eigenvalue weighted by atomic mass is 10.3. The van der Waals surface area contributed by atoms with Gasteiger partial charge in [-0.15, -0.1) is 0 Å². The number of fused-ring (bicyclic) bond motifs is 1. The van der Waals surface area contributed by atoms with Gasteiger partial charge in [0.25, 0.3) is 0 Å². The Morgan fingerprint density at radius 1 is 1.32 bits per heavy atom. The van der Waals surface area contributed by atoms with Crippen LogP contribution in [0.4, 0.5) is 16.6 Å². The maximum absolute atomic E-state index is 11.7. The largest absolute Gasteiger partial charge is 0.450 e. The molecular weight excluding hydrogens is 286 g/mol. The first kappa shape index (κ1) is 14.6. The maximum atomic E-state index is 11.7. The lowest BCUT2D eigenvalue weighted by Crippen LogP contribution is -2.49. The number of anilines is 2. The van der Waals surface area contributed by atoms with Crippen molar-refractivity contribution < 1.29 is 14.3 Å². The molecule has 0 N–H and O–H groups in total. The van der Waals surface area contributed by atoms with Crippen LogP contribution in [-0.4, -0.2) is 66.7 Å². The SMILES string of the molecule is CCOC(=O)N1CCN(c2ncc3c(n2)N(C)C(=O)C3)CC1. The quantitative estimate of drug-likeness (QED) is 0.780. The minimum atomic E-state index is -0.276. The van der Waals surface area contributed by atoms with Crippen LogP contribution >= 0.6 is 0 Å². The molecule has 0 atom stereocenters. The molecule has 1 aromatic heterocycles. The van der Waals surface area contributed by atoms with E-state index in [1.807, 2.05) is 4.90 Å². The molecule has 1 fully saturated rings. The van der Waals surface area contributed by atoms with Gasteiger partial charge in [0.05, 0.1) is 13.0 Å². The van der Waals surface area contributed by atoms with E-state index in [2.05, 4.69) is 9.97 Å². The maximum Gasteiger partial charge on any atom is 0.409 e. The van der Waals surface area contributed by atoms with Crippen molar-refractivity contribution in [3.63, 3.8) is 0 Å². The third kappa shape index (κ3) is 2.56. The number of amides is 2. The molecule has 2 aliphatic heterocycles. The number of aromatic nitrogens is 2. The number of ether oxygens (including phenoxy) is 1. The number of piperazine rings is 1. The summed E-state index contributed by atoms with van der Waals surface area (Å²) < 4.78 is 5.00. The van der Waals surface area contributed by atoms with Gasteiger partial charge in [-0.25, -0.2) is 9.78 Å². The summed E-state index contributed by atoms with van der Waals surface area (Å²) in [6.07, 6.45) is 1.81. The van der Waals surface area contributed by atoms with E-state index < -0.39 is 0 Å². The Balaban J connectivity index is 1.68. The zero-order chi connectivity index (χ0) is 15.7. The number of carbonyl (C=O) groups excluding carboxylic acids is 2. The molecule has 1 saturated heterocycles. The Kier molecular flexibility index (Phi) is 3.82. The minimum absolute atomic E-state index is 0.0357. The molecule has 118 valence electrons. The van der Waals surface area contributed by atoms with Crippen LogP contribution in [0.1, 0.15) is 12.5 Å². The first-order valence-corrected chi connectivity index (χ1v) is 7.39. The molecule has 3 rings (SSSR count). The molecule has 0 aromatic carbocycles. The average molecular weight is 305 g/mol. The van der Waals surface area contributed by atoms with Gasteiger partial charge in [0.1, 0.15) is 5.82 Å². The smallest absolute Gasteiger partial charge is 0.409 e. The first-order chi connectivity index (χ1) is 10.6. The van der Waals surface area contributed by atoms with Gasteiger partial charge in [-0.3, -0.25) is 9.69 Å². The molecule has 22 heavy (non-hydrogen) atoms. The van der Waals surface area contributed by atoms with Gasteiger partial charge >= 0.3 is 6.09 Å². The van der Waals surface area contributed by atoms with Crippen LogP contribution in [-0.2, 0) is 16.0 Å². The van der Waals surface area contributed by atoms with Gasteiger partial charge in [0.15, 0.2) is 0 Å². The van der Waals surface area contributed by atoms with Crippen molar-refractivity contribution in [3.05, 3.63) is 11.8 Å². The highest BCUT2D eigenvalue weighted by Crippen LogP contribution is 2.26. The lowest BCUT2D eigenvalue weighted by molar-refractivity contribution is -0.117.